The molecule has 0 saturated heterocycles. The predicted octanol–water partition coefficient (Wildman–Crippen LogP) is 5.12. The molecule has 3 heteroatoms. The highest BCUT2D eigenvalue weighted by Gasteiger charge is 2.36. The molecule has 0 aliphatic carbocycles. The van der Waals surface area contributed by atoms with Crippen LogP contribution in [0, 0.1) is 0 Å². The molecule has 0 bridgehead atoms. The van der Waals surface area contributed by atoms with Gasteiger partial charge in [0.25, 0.3) is 0 Å². The zero-order valence-electron chi connectivity index (χ0n) is 13.7. The van der Waals surface area contributed by atoms with Gasteiger partial charge in [-0.3, -0.25) is 0 Å². The molecule has 0 atom stereocenters. The van der Waals surface area contributed by atoms with Crippen LogP contribution in [0.15, 0.2) is 30.8 Å². The van der Waals surface area contributed by atoms with Crippen LogP contribution in [0.2, 0.25) is 18.1 Å². The van der Waals surface area contributed by atoms with Crippen molar-refractivity contribution in [3.05, 3.63) is 36.4 Å². The topological polar surface area (TPSA) is 18.5 Å². The van der Waals surface area contributed by atoms with Gasteiger partial charge in [-0.2, -0.15) is 0 Å². The Labute approximate surface area is 124 Å². The summed E-state index contributed by atoms with van der Waals surface area (Å²) >= 11 is 0. The van der Waals surface area contributed by atoms with Crippen molar-refractivity contribution in [3.8, 4) is 5.75 Å². The lowest BCUT2D eigenvalue weighted by Crippen LogP contribution is -2.41. The smallest absolute Gasteiger partial charge is 0.192 e. The highest BCUT2D eigenvalue weighted by atomic mass is 28.4. The lowest BCUT2D eigenvalue weighted by atomic mass is 10.1. The number of hydrogen-bond donors (Lipinski definition) is 0. The number of benzene rings is 1. The van der Waals surface area contributed by atoms with Crippen LogP contribution in [0.25, 0.3) is 5.57 Å². The Hall–Kier alpha value is -1.06. The van der Waals surface area contributed by atoms with Crippen molar-refractivity contribution in [2.24, 2.45) is 0 Å². The molecule has 0 heterocycles. The second-order valence-corrected chi connectivity index (χ2v) is 11.6. The molecule has 0 radical (unpaired) electrons. The van der Waals surface area contributed by atoms with E-state index in [9.17, 15) is 0 Å². The fraction of sp³-hybridized carbons (Fsp3) is 0.529. The molecule has 0 aromatic heterocycles. The van der Waals surface area contributed by atoms with Gasteiger partial charge in [-0.1, -0.05) is 45.1 Å². The van der Waals surface area contributed by atoms with E-state index in [1.807, 2.05) is 31.2 Å². The van der Waals surface area contributed by atoms with E-state index >= 15 is 0 Å². The molecule has 0 spiro atoms. The highest BCUT2D eigenvalue weighted by Crippen LogP contribution is 2.36. The SMILES string of the molecule is C=C(C)c1ccc(OCCO[Si](C)(C)C(C)(C)C)cc1. The van der Waals surface area contributed by atoms with Gasteiger partial charge < -0.3 is 9.16 Å². The molecule has 0 fully saturated rings. The predicted molar refractivity (Wildman–Crippen MR) is 89.8 cm³/mol. The minimum atomic E-state index is -1.66. The van der Waals surface area contributed by atoms with Gasteiger partial charge in [0.1, 0.15) is 12.4 Å². The molecular formula is C17H28O2Si. The fourth-order valence-corrected chi connectivity index (χ4v) is 2.54. The molecule has 112 valence electrons. The van der Waals surface area contributed by atoms with Crippen LogP contribution in [0.4, 0.5) is 0 Å². The Balaban J connectivity index is 2.40. The molecule has 2 nitrogen and oxygen atoms in total. The van der Waals surface area contributed by atoms with E-state index < -0.39 is 8.32 Å². The van der Waals surface area contributed by atoms with Crippen molar-refractivity contribution in [2.45, 2.75) is 45.8 Å². The van der Waals surface area contributed by atoms with Crippen LogP contribution in [-0.4, -0.2) is 21.5 Å². The third-order valence-corrected chi connectivity index (χ3v) is 8.51. The summed E-state index contributed by atoms with van der Waals surface area (Å²) in [7, 11) is -1.66. The molecule has 0 aliphatic rings. The Bertz CT molecular complexity index is 441. The van der Waals surface area contributed by atoms with Crippen LogP contribution in [-0.2, 0) is 4.43 Å². The van der Waals surface area contributed by atoms with E-state index in [0.717, 1.165) is 16.9 Å². The molecule has 0 unspecified atom stereocenters. The van der Waals surface area contributed by atoms with Gasteiger partial charge in [0.05, 0.1) is 6.61 Å². The number of ether oxygens (including phenoxy) is 1. The van der Waals surface area contributed by atoms with Gasteiger partial charge in [-0.25, -0.2) is 0 Å². The summed E-state index contributed by atoms with van der Waals surface area (Å²) in [5, 5.41) is 0.246. The van der Waals surface area contributed by atoms with E-state index in [2.05, 4.69) is 40.4 Å². The van der Waals surface area contributed by atoms with Crippen molar-refractivity contribution in [2.75, 3.05) is 13.2 Å². The van der Waals surface area contributed by atoms with Gasteiger partial charge in [-0.05, 0) is 42.8 Å². The Morgan fingerprint density at radius 2 is 1.65 bits per heavy atom. The standard InChI is InChI=1S/C17H28O2Si/c1-14(2)15-8-10-16(11-9-15)18-12-13-19-20(6,7)17(3,4)5/h8-11H,1,12-13H2,2-7H3. The van der Waals surface area contributed by atoms with E-state index in [1.165, 1.54) is 0 Å². The Morgan fingerprint density at radius 1 is 1.10 bits per heavy atom. The third-order valence-electron chi connectivity index (χ3n) is 3.97. The zero-order valence-corrected chi connectivity index (χ0v) is 14.7. The maximum atomic E-state index is 6.08. The molecule has 0 amide bonds. The summed E-state index contributed by atoms with van der Waals surface area (Å²) in [5.74, 6) is 0.883. The quantitative estimate of drug-likeness (QED) is 0.535. The first-order valence-corrected chi connectivity index (χ1v) is 10.1. The molecule has 0 N–H and O–H groups in total. The average Bonchev–Trinajstić information content (AvgIpc) is 2.34. The van der Waals surface area contributed by atoms with E-state index in [4.69, 9.17) is 9.16 Å². The fourth-order valence-electron chi connectivity index (χ4n) is 1.51. The minimum absolute atomic E-state index is 0.246. The second-order valence-electron chi connectivity index (χ2n) is 6.76. The molecular weight excluding hydrogens is 264 g/mol. The number of hydrogen-bond acceptors (Lipinski definition) is 2. The van der Waals surface area contributed by atoms with Crippen LogP contribution in [0.1, 0.15) is 33.3 Å². The Morgan fingerprint density at radius 3 is 2.10 bits per heavy atom. The van der Waals surface area contributed by atoms with Gasteiger partial charge >= 0.3 is 0 Å². The van der Waals surface area contributed by atoms with Crippen molar-refractivity contribution in [1.82, 2.24) is 0 Å². The van der Waals surface area contributed by atoms with Crippen LogP contribution in [0.5, 0.6) is 5.75 Å². The minimum Gasteiger partial charge on any atom is -0.491 e. The summed E-state index contributed by atoms with van der Waals surface area (Å²) in [4.78, 5) is 0. The summed E-state index contributed by atoms with van der Waals surface area (Å²) in [6.45, 7) is 18.4. The molecule has 1 aromatic rings. The lowest BCUT2D eigenvalue weighted by molar-refractivity contribution is 0.203. The van der Waals surface area contributed by atoms with Crippen LogP contribution in [0.3, 0.4) is 0 Å². The first-order chi connectivity index (χ1) is 9.13. The summed E-state index contributed by atoms with van der Waals surface area (Å²) in [5.41, 5.74) is 2.22. The first kappa shape index (κ1) is 17.0. The second kappa shape index (κ2) is 6.59. The molecule has 1 rings (SSSR count). The molecule has 0 saturated carbocycles. The molecule has 1 aromatic carbocycles. The highest BCUT2D eigenvalue weighted by molar-refractivity contribution is 6.74. The molecule has 0 aliphatic heterocycles. The largest absolute Gasteiger partial charge is 0.491 e. The van der Waals surface area contributed by atoms with Gasteiger partial charge in [0.15, 0.2) is 8.32 Å². The summed E-state index contributed by atoms with van der Waals surface area (Å²) in [6.07, 6.45) is 0. The van der Waals surface area contributed by atoms with Crippen LogP contribution >= 0.6 is 0 Å². The van der Waals surface area contributed by atoms with E-state index in [-0.39, 0.29) is 5.04 Å². The normalized spacial score (nSPS) is 12.3. The van der Waals surface area contributed by atoms with E-state index in [0.29, 0.717) is 13.2 Å². The van der Waals surface area contributed by atoms with Crippen molar-refractivity contribution in [3.63, 3.8) is 0 Å². The number of rotatable bonds is 6. The zero-order chi connectivity index (χ0) is 15.4. The number of allylic oxidation sites excluding steroid dienone is 1. The maximum Gasteiger partial charge on any atom is 0.192 e. The van der Waals surface area contributed by atoms with Gasteiger partial charge in [0, 0.05) is 0 Å². The van der Waals surface area contributed by atoms with Crippen molar-refractivity contribution >= 4 is 13.9 Å². The van der Waals surface area contributed by atoms with Crippen LogP contribution < -0.4 is 4.74 Å². The Kier molecular flexibility index (Phi) is 5.60. The van der Waals surface area contributed by atoms with Gasteiger partial charge in [0.2, 0.25) is 0 Å². The van der Waals surface area contributed by atoms with E-state index in [1.54, 1.807) is 0 Å². The third kappa shape index (κ3) is 4.80. The lowest BCUT2D eigenvalue weighted by Gasteiger charge is -2.36. The van der Waals surface area contributed by atoms with Crippen molar-refractivity contribution in [1.29, 1.82) is 0 Å². The monoisotopic (exact) mass is 292 g/mol. The average molecular weight is 292 g/mol. The molecule has 20 heavy (non-hydrogen) atoms. The maximum absolute atomic E-state index is 6.08. The van der Waals surface area contributed by atoms with Crippen molar-refractivity contribution < 1.29 is 9.16 Å². The van der Waals surface area contributed by atoms with Gasteiger partial charge in [-0.15, -0.1) is 0 Å². The first-order valence-electron chi connectivity index (χ1n) is 7.16. The summed E-state index contributed by atoms with van der Waals surface area (Å²) < 4.78 is 11.8. The summed E-state index contributed by atoms with van der Waals surface area (Å²) in [6, 6.07) is 8.03.